The molecule has 0 aromatic heterocycles. The zero-order valence-corrected chi connectivity index (χ0v) is 13.0. The second-order valence-corrected chi connectivity index (χ2v) is 6.05. The van der Waals surface area contributed by atoms with E-state index < -0.39 is 18.1 Å². The van der Waals surface area contributed by atoms with E-state index in [1.165, 1.54) is 6.92 Å². The molecule has 5 nitrogen and oxygen atoms in total. The molecule has 1 fully saturated rings. The Morgan fingerprint density at radius 1 is 1.13 bits per heavy atom. The number of rotatable bonds is 5. The van der Waals surface area contributed by atoms with Crippen LogP contribution in [0.2, 0.25) is 0 Å². The van der Waals surface area contributed by atoms with Crippen LogP contribution in [-0.4, -0.2) is 29.1 Å². The zero-order chi connectivity index (χ0) is 16.4. The summed E-state index contributed by atoms with van der Waals surface area (Å²) in [4.78, 5) is 24.2. The van der Waals surface area contributed by atoms with Gasteiger partial charge in [0.05, 0.1) is 6.10 Å². The molecule has 2 aromatic rings. The van der Waals surface area contributed by atoms with E-state index >= 15 is 0 Å². The van der Waals surface area contributed by atoms with Crippen LogP contribution in [0, 0.1) is 5.92 Å². The second-order valence-electron chi connectivity index (χ2n) is 6.05. The number of hydrogen-bond acceptors (Lipinski definition) is 3. The summed E-state index contributed by atoms with van der Waals surface area (Å²) in [6.07, 6.45) is 0.744. The number of aliphatic hydroxyl groups is 1. The predicted molar refractivity (Wildman–Crippen MR) is 88.9 cm³/mol. The highest BCUT2D eigenvalue weighted by Gasteiger charge is 2.34. The van der Waals surface area contributed by atoms with Gasteiger partial charge in [0.1, 0.15) is 6.04 Å². The normalized spacial score (nSPS) is 16.6. The summed E-state index contributed by atoms with van der Waals surface area (Å²) in [7, 11) is 0. The number of hydrogen-bond donors (Lipinski definition) is 3. The summed E-state index contributed by atoms with van der Waals surface area (Å²) in [5.41, 5.74) is 0.639. The zero-order valence-electron chi connectivity index (χ0n) is 13.0. The fourth-order valence-corrected chi connectivity index (χ4v) is 2.51. The smallest absolute Gasteiger partial charge is 0.249 e. The lowest BCUT2D eigenvalue weighted by molar-refractivity contribution is -0.129. The molecule has 2 amide bonds. The van der Waals surface area contributed by atoms with Crippen LogP contribution >= 0.6 is 0 Å². The topological polar surface area (TPSA) is 78.4 Å². The van der Waals surface area contributed by atoms with Gasteiger partial charge in [-0.05, 0) is 42.7 Å². The Labute approximate surface area is 134 Å². The van der Waals surface area contributed by atoms with Crippen LogP contribution in [-0.2, 0) is 9.59 Å². The molecule has 2 aromatic carbocycles. The first-order valence-electron chi connectivity index (χ1n) is 7.83. The molecular formula is C18H20N2O3. The van der Waals surface area contributed by atoms with Crippen molar-refractivity contribution < 1.29 is 14.7 Å². The largest absolute Gasteiger partial charge is 0.391 e. The van der Waals surface area contributed by atoms with Gasteiger partial charge in [-0.1, -0.05) is 30.3 Å². The van der Waals surface area contributed by atoms with Crippen LogP contribution in [0.4, 0.5) is 5.69 Å². The Morgan fingerprint density at radius 3 is 2.48 bits per heavy atom. The van der Waals surface area contributed by atoms with Gasteiger partial charge in [-0.2, -0.15) is 0 Å². The molecule has 2 atom stereocenters. The number of nitrogens with one attached hydrogen (secondary N) is 2. The number of fused-ring (bicyclic) bond motifs is 1. The van der Waals surface area contributed by atoms with Crippen molar-refractivity contribution in [3.8, 4) is 0 Å². The summed E-state index contributed by atoms with van der Waals surface area (Å²) in [6, 6.07) is 12.5. The van der Waals surface area contributed by atoms with Gasteiger partial charge in [0.15, 0.2) is 0 Å². The van der Waals surface area contributed by atoms with Crippen molar-refractivity contribution in [2.75, 3.05) is 5.32 Å². The Morgan fingerprint density at radius 2 is 1.83 bits per heavy atom. The van der Waals surface area contributed by atoms with Gasteiger partial charge in [0, 0.05) is 11.6 Å². The third-order valence-corrected chi connectivity index (χ3v) is 4.03. The first-order valence-corrected chi connectivity index (χ1v) is 7.83. The maximum Gasteiger partial charge on any atom is 0.249 e. The first-order chi connectivity index (χ1) is 11.0. The Bertz CT molecular complexity index is 738. The van der Waals surface area contributed by atoms with Gasteiger partial charge in [-0.15, -0.1) is 0 Å². The van der Waals surface area contributed by atoms with E-state index in [0.717, 1.165) is 23.6 Å². The molecule has 0 radical (unpaired) electrons. The average Bonchev–Trinajstić information content (AvgIpc) is 3.36. The maximum atomic E-state index is 12.4. The number of anilines is 1. The molecule has 120 valence electrons. The van der Waals surface area contributed by atoms with E-state index in [4.69, 9.17) is 0 Å². The highest BCUT2D eigenvalue weighted by atomic mass is 16.3. The van der Waals surface area contributed by atoms with Gasteiger partial charge in [0.25, 0.3) is 0 Å². The number of carbonyl (C=O) groups is 2. The van der Waals surface area contributed by atoms with Crippen molar-refractivity contribution in [2.45, 2.75) is 31.9 Å². The van der Waals surface area contributed by atoms with E-state index in [2.05, 4.69) is 10.6 Å². The molecule has 23 heavy (non-hydrogen) atoms. The molecule has 0 aliphatic heterocycles. The molecule has 2 unspecified atom stereocenters. The fourth-order valence-electron chi connectivity index (χ4n) is 2.51. The summed E-state index contributed by atoms with van der Waals surface area (Å²) >= 11 is 0. The lowest BCUT2D eigenvalue weighted by Crippen LogP contribution is -2.50. The monoisotopic (exact) mass is 312 g/mol. The van der Waals surface area contributed by atoms with Gasteiger partial charge >= 0.3 is 0 Å². The Kier molecular flexibility index (Phi) is 4.30. The first kappa shape index (κ1) is 15.5. The van der Waals surface area contributed by atoms with Crippen molar-refractivity contribution in [1.29, 1.82) is 0 Å². The van der Waals surface area contributed by atoms with Crippen molar-refractivity contribution in [2.24, 2.45) is 5.92 Å². The van der Waals surface area contributed by atoms with Crippen LogP contribution in [0.5, 0.6) is 0 Å². The van der Waals surface area contributed by atoms with Gasteiger partial charge in [0.2, 0.25) is 11.8 Å². The lowest BCUT2D eigenvalue weighted by Gasteiger charge is -2.21. The molecule has 0 bridgehead atoms. The Balaban J connectivity index is 1.72. The lowest BCUT2D eigenvalue weighted by atomic mass is 10.1. The van der Waals surface area contributed by atoms with Gasteiger partial charge in [-0.25, -0.2) is 0 Å². The molecule has 3 rings (SSSR count). The van der Waals surface area contributed by atoms with Crippen LogP contribution in [0.3, 0.4) is 0 Å². The molecule has 1 aliphatic carbocycles. The van der Waals surface area contributed by atoms with E-state index in [1.807, 2.05) is 42.5 Å². The number of carbonyl (C=O) groups excluding carboxylic acids is 2. The van der Waals surface area contributed by atoms with Crippen molar-refractivity contribution in [1.82, 2.24) is 5.32 Å². The Hall–Kier alpha value is -2.40. The number of amides is 2. The summed E-state index contributed by atoms with van der Waals surface area (Å²) < 4.78 is 0. The van der Waals surface area contributed by atoms with Gasteiger partial charge < -0.3 is 15.7 Å². The molecule has 1 aliphatic rings. The molecule has 0 heterocycles. The van der Waals surface area contributed by atoms with Crippen LogP contribution in [0.1, 0.15) is 19.8 Å². The second kappa shape index (κ2) is 6.38. The van der Waals surface area contributed by atoms with Crippen LogP contribution in [0.25, 0.3) is 10.8 Å². The highest BCUT2D eigenvalue weighted by molar-refractivity contribution is 5.99. The molecule has 0 spiro atoms. The predicted octanol–water partition coefficient (Wildman–Crippen LogP) is 2.05. The minimum absolute atomic E-state index is 0.00952. The van der Waals surface area contributed by atoms with Gasteiger partial charge in [-0.3, -0.25) is 9.59 Å². The average molecular weight is 312 g/mol. The van der Waals surface area contributed by atoms with E-state index in [9.17, 15) is 14.7 Å². The van der Waals surface area contributed by atoms with Crippen molar-refractivity contribution in [3.63, 3.8) is 0 Å². The summed E-state index contributed by atoms with van der Waals surface area (Å²) in [5, 5.41) is 17.3. The third-order valence-electron chi connectivity index (χ3n) is 4.03. The standard InChI is InChI=1S/C18H20N2O3/c1-11(21)16(20-17(22)13-6-7-13)18(23)19-15-9-8-12-4-2-3-5-14(12)10-15/h2-5,8-11,13,16,21H,6-7H2,1H3,(H,19,23)(H,20,22). The van der Waals surface area contributed by atoms with Crippen LogP contribution < -0.4 is 10.6 Å². The molecule has 5 heteroatoms. The van der Waals surface area contributed by atoms with Crippen molar-refractivity contribution >= 4 is 28.3 Å². The van der Waals surface area contributed by atoms with Crippen LogP contribution in [0.15, 0.2) is 42.5 Å². The third kappa shape index (κ3) is 3.68. The quantitative estimate of drug-likeness (QED) is 0.790. The van der Waals surface area contributed by atoms with E-state index in [1.54, 1.807) is 0 Å². The summed E-state index contributed by atoms with van der Waals surface area (Å²) in [5.74, 6) is -0.585. The molecule has 1 saturated carbocycles. The van der Waals surface area contributed by atoms with E-state index in [-0.39, 0.29) is 11.8 Å². The minimum atomic E-state index is -0.960. The number of aliphatic hydroxyl groups excluding tert-OH is 1. The minimum Gasteiger partial charge on any atom is -0.391 e. The molecular weight excluding hydrogens is 292 g/mol. The fraction of sp³-hybridized carbons (Fsp3) is 0.333. The van der Waals surface area contributed by atoms with E-state index in [0.29, 0.717) is 5.69 Å². The highest BCUT2D eigenvalue weighted by Crippen LogP contribution is 2.29. The summed E-state index contributed by atoms with van der Waals surface area (Å²) in [6.45, 7) is 1.50. The number of benzene rings is 2. The molecule has 3 N–H and O–H groups in total. The maximum absolute atomic E-state index is 12.4. The van der Waals surface area contributed by atoms with Crippen molar-refractivity contribution in [3.05, 3.63) is 42.5 Å². The molecule has 0 saturated heterocycles. The SMILES string of the molecule is CC(O)C(NC(=O)C1CC1)C(=O)Nc1ccc2ccccc2c1.